The van der Waals surface area contributed by atoms with Crippen LogP contribution < -0.4 is 5.56 Å². The van der Waals surface area contributed by atoms with Crippen LogP contribution in [-0.4, -0.2) is 25.4 Å². The van der Waals surface area contributed by atoms with Gasteiger partial charge in [0, 0.05) is 28.9 Å². The average Bonchev–Trinajstić information content (AvgIpc) is 3.18. The fourth-order valence-corrected chi connectivity index (χ4v) is 4.22. The van der Waals surface area contributed by atoms with E-state index in [4.69, 9.17) is 16.0 Å². The Bertz CT molecular complexity index is 1460. The van der Waals surface area contributed by atoms with Crippen molar-refractivity contribution in [2.24, 2.45) is 0 Å². The number of aromatic nitrogens is 2. The summed E-state index contributed by atoms with van der Waals surface area (Å²) in [6.45, 7) is 6.37. The van der Waals surface area contributed by atoms with Crippen molar-refractivity contribution in [1.29, 1.82) is 0 Å². The van der Waals surface area contributed by atoms with Crippen molar-refractivity contribution in [3.63, 3.8) is 0 Å². The number of aryl methyl sites for hydroxylation is 2. The maximum absolute atomic E-state index is 14.7. The molecule has 6 nitrogen and oxygen atoms in total. The van der Waals surface area contributed by atoms with Crippen molar-refractivity contribution in [2.75, 3.05) is 0 Å². The molecule has 0 aliphatic carbocycles. The summed E-state index contributed by atoms with van der Waals surface area (Å²) in [5.41, 5.74) is 0.584. The second-order valence-corrected chi connectivity index (χ2v) is 9.36. The van der Waals surface area contributed by atoms with E-state index in [9.17, 15) is 23.8 Å². The molecule has 1 unspecified atom stereocenters. The minimum absolute atomic E-state index is 0.0875. The minimum atomic E-state index is -1.61. The average molecular weight is 501 g/mol. The first-order chi connectivity index (χ1) is 16.4. The van der Waals surface area contributed by atoms with Crippen LogP contribution in [0.3, 0.4) is 0 Å². The molecule has 182 valence electrons. The van der Waals surface area contributed by atoms with Crippen LogP contribution in [0, 0.1) is 25.5 Å². The van der Waals surface area contributed by atoms with Gasteiger partial charge in [-0.25, -0.2) is 13.8 Å². The van der Waals surface area contributed by atoms with Gasteiger partial charge in [0.2, 0.25) is 5.89 Å². The predicted molar refractivity (Wildman–Crippen MR) is 129 cm³/mol. The summed E-state index contributed by atoms with van der Waals surface area (Å²) in [5.74, 6) is -2.02. The van der Waals surface area contributed by atoms with Crippen molar-refractivity contribution in [3.8, 4) is 28.3 Å². The Labute approximate surface area is 205 Å². The van der Waals surface area contributed by atoms with Gasteiger partial charge in [-0.2, -0.15) is 0 Å². The summed E-state index contributed by atoms with van der Waals surface area (Å²) in [4.78, 5) is 17.1. The Morgan fingerprint density at radius 1 is 1.09 bits per heavy atom. The van der Waals surface area contributed by atoms with Crippen LogP contribution in [0.15, 0.2) is 57.9 Å². The van der Waals surface area contributed by atoms with E-state index < -0.39 is 23.3 Å². The van der Waals surface area contributed by atoms with Gasteiger partial charge in [-0.05, 0) is 69.2 Å². The van der Waals surface area contributed by atoms with E-state index in [0.717, 1.165) is 17.2 Å². The number of pyridine rings is 1. The van der Waals surface area contributed by atoms with Gasteiger partial charge in [-0.15, -0.1) is 0 Å². The normalized spacial score (nSPS) is 12.7. The minimum Gasteiger partial charge on any atom is -0.437 e. The lowest BCUT2D eigenvalue weighted by atomic mass is 10.0. The van der Waals surface area contributed by atoms with E-state index in [0.29, 0.717) is 22.3 Å². The number of rotatable bonds is 5. The lowest BCUT2D eigenvalue weighted by Gasteiger charge is -2.21. The van der Waals surface area contributed by atoms with E-state index in [1.807, 2.05) is 13.8 Å². The maximum Gasteiger partial charge on any atom is 0.255 e. The summed E-state index contributed by atoms with van der Waals surface area (Å²) in [5, 5.41) is 21.3. The summed E-state index contributed by atoms with van der Waals surface area (Å²) < 4.78 is 35.4. The Hall–Kier alpha value is -3.33. The van der Waals surface area contributed by atoms with Gasteiger partial charge < -0.3 is 14.6 Å². The van der Waals surface area contributed by atoms with Crippen molar-refractivity contribution in [3.05, 3.63) is 92.7 Å². The fourth-order valence-electron chi connectivity index (χ4n) is 3.89. The molecule has 4 rings (SSSR count). The first-order valence-corrected chi connectivity index (χ1v) is 11.1. The Kier molecular flexibility index (Phi) is 6.40. The number of hydrogen-bond donors (Lipinski definition) is 2. The van der Waals surface area contributed by atoms with Crippen LogP contribution in [0.25, 0.3) is 28.3 Å². The molecule has 0 aliphatic heterocycles. The van der Waals surface area contributed by atoms with Gasteiger partial charge in [0.1, 0.15) is 17.3 Å². The van der Waals surface area contributed by atoms with Crippen LogP contribution in [-0.2, 0) is 0 Å². The fraction of sp³-hybridized carbons (Fsp3) is 0.231. The molecule has 0 spiro atoms. The number of aliphatic hydroxyl groups is 2. The molecule has 2 aromatic carbocycles. The zero-order valence-electron chi connectivity index (χ0n) is 19.4. The standard InChI is InChI=1S/C26H23ClF2N2O4/c1-13-9-16(27)10-14(2)22(13)31-12-15(5-8-20(31)32)21-23(18-7-6-17(28)11-19(18)29)35-25(30-21)24(33)26(3,4)34/h5-12,24,33-34H,1-4H3. The second kappa shape index (κ2) is 9.03. The van der Waals surface area contributed by atoms with Crippen LogP contribution in [0.5, 0.6) is 0 Å². The molecule has 9 heteroatoms. The van der Waals surface area contributed by atoms with Gasteiger partial charge in [0.25, 0.3) is 5.56 Å². The monoisotopic (exact) mass is 500 g/mol. The van der Waals surface area contributed by atoms with Gasteiger partial charge in [0.15, 0.2) is 11.9 Å². The largest absolute Gasteiger partial charge is 0.437 e. The molecule has 2 N–H and O–H groups in total. The first-order valence-electron chi connectivity index (χ1n) is 10.7. The highest BCUT2D eigenvalue weighted by molar-refractivity contribution is 6.30. The maximum atomic E-state index is 14.7. The van der Waals surface area contributed by atoms with Crippen LogP contribution in [0.1, 0.15) is 37.0 Å². The lowest BCUT2D eigenvalue weighted by molar-refractivity contribution is -0.0617. The highest BCUT2D eigenvalue weighted by Gasteiger charge is 2.33. The topological polar surface area (TPSA) is 88.5 Å². The third kappa shape index (κ3) is 4.77. The van der Waals surface area contributed by atoms with Gasteiger partial charge >= 0.3 is 0 Å². The number of benzene rings is 2. The Morgan fingerprint density at radius 3 is 2.34 bits per heavy atom. The molecule has 0 fully saturated rings. The van der Waals surface area contributed by atoms with E-state index >= 15 is 0 Å². The SMILES string of the molecule is Cc1cc(Cl)cc(C)c1-n1cc(-c2nc(C(O)C(C)(C)O)oc2-c2ccc(F)cc2F)ccc1=O. The molecular formula is C26H23ClF2N2O4. The Balaban J connectivity index is 1.97. The van der Waals surface area contributed by atoms with Crippen molar-refractivity contribution < 1.29 is 23.4 Å². The third-order valence-electron chi connectivity index (χ3n) is 5.60. The number of aliphatic hydroxyl groups excluding tert-OH is 1. The molecule has 0 saturated heterocycles. The Morgan fingerprint density at radius 2 is 1.74 bits per heavy atom. The quantitative estimate of drug-likeness (QED) is 0.377. The number of hydrogen-bond acceptors (Lipinski definition) is 5. The van der Waals surface area contributed by atoms with Gasteiger partial charge in [-0.3, -0.25) is 9.36 Å². The zero-order chi connectivity index (χ0) is 25.7. The van der Waals surface area contributed by atoms with Crippen LogP contribution in [0.2, 0.25) is 5.02 Å². The van der Waals surface area contributed by atoms with Crippen LogP contribution >= 0.6 is 11.6 Å². The second-order valence-electron chi connectivity index (χ2n) is 8.92. The highest BCUT2D eigenvalue weighted by atomic mass is 35.5. The molecule has 4 aromatic rings. The molecule has 0 aliphatic rings. The lowest BCUT2D eigenvalue weighted by Crippen LogP contribution is -2.28. The summed E-state index contributed by atoms with van der Waals surface area (Å²) >= 11 is 6.14. The van der Waals surface area contributed by atoms with Crippen LogP contribution in [0.4, 0.5) is 8.78 Å². The molecule has 0 saturated carbocycles. The third-order valence-corrected chi connectivity index (χ3v) is 5.82. The van der Waals surface area contributed by atoms with E-state index in [-0.39, 0.29) is 28.5 Å². The zero-order valence-corrected chi connectivity index (χ0v) is 20.2. The summed E-state index contributed by atoms with van der Waals surface area (Å²) in [6.07, 6.45) is -0.0145. The molecule has 0 bridgehead atoms. The molecule has 1 atom stereocenters. The van der Waals surface area contributed by atoms with Gasteiger partial charge in [-0.1, -0.05) is 11.6 Å². The molecule has 35 heavy (non-hydrogen) atoms. The van der Waals surface area contributed by atoms with Gasteiger partial charge in [0.05, 0.1) is 16.9 Å². The van der Waals surface area contributed by atoms with Crippen molar-refractivity contribution in [2.45, 2.75) is 39.4 Å². The molecule has 0 amide bonds. The van der Waals surface area contributed by atoms with Crippen molar-refractivity contribution in [1.82, 2.24) is 9.55 Å². The molecular weight excluding hydrogens is 478 g/mol. The summed E-state index contributed by atoms with van der Waals surface area (Å²) in [7, 11) is 0. The first kappa shape index (κ1) is 24.8. The molecule has 2 aromatic heterocycles. The number of halogens is 3. The molecule has 2 heterocycles. The number of nitrogens with zero attached hydrogens (tertiary/aromatic N) is 2. The predicted octanol–water partition coefficient (Wildman–Crippen LogP) is 5.51. The van der Waals surface area contributed by atoms with E-state index in [1.165, 1.54) is 42.8 Å². The summed E-state index contributed by atoms with van der Waals surface area (Å²) in [6, 6.07) is 9.24. The smallest absolute Gasteiger partial charge is 0.255 e. The van der Waals surface area contributed by atoms with E-state index in [1.54, 1.807) is 12.1 Å². The number of oxazole rings is 1. The van der Waals surface area contributed by atoms with E-state index in [2.05, 4.69) is 4.98 Å². The molecule has 0 radical (unpaired) electrons. The highest BCUT2D eigenvalue weighted by Crippen LogP contribution is 2.38. The van der Waals surface area contributed by atoms with Crippen molar-refractivity contribution >= 4 is 11.6 Å².